The maximum atomic E-state index is 12.8. The molecule has 0 atom stereocenters. The highest BCUT2D eigenvalue weighted by Crippen LogP contribution is 2.24. The fraction of sp³-hybridized carbons (Fsp3) is 0.375. The van der Waals surface area contributed by atoms with E-state index < -0.39 is 10.0 Å². The molecule has 2 aromatic carbocycles. The predicted molar refractivity (Wildman–Crippen MR) is 124 cm³/mol. The second-order valence-corrected chi connectivity index (χ2v) is 9.97. The summed E-state index contributed by atoms with van der Waals surface area (Å²) in [6.07, 6.45) is 2.11. The molecule has 2 aromatic rings. The van der Waals surface area contributed by atoms with E-state index in [9.17, 15) is 18.0 Å². The standard InChI is InChI=1S/C24H28N4O4S/c1-2-4-23(29)27-21-6-3-5-19(15-21)17-26-24(30)20-11-13-28(14-12-20)33(31,32)22-9-7-18(16-25)8-10-22/h3,5-10,15,20H,2,4,11-14,17H2,1H3,(H,26,30)(H,27,29). The van der Waals surface area contributed by atoms with Crippen LogP contribution in [0.2, 0.25) is 0 Å². The Morgan fingerprint density at radius 2 is 1.82 bits per heavy atom. The fourth-order valence-electron chi connectivity index (χ4n) is 3.75. The molecule has 2 amide bonds. The SMILES string of the molecule is CCCC(=O)Nc1cccc(CNC(=O)C2CCN(S(=O)(=O)c3ccc(C#N)cc3)CC2)c1. The largest absolute Gasteiger partial charge is 0.352 e. The van der Waals surface area contributed by atoms with Gasteiger partial charge in [-0.25, -0.2) is 8.42 Å². The molecule has 3 rings (SSSR count). The van der Waals surface area contributed by atoms with Gasteiger partial charge in [0.1, 0.15) is 0 Å². The summed E-state index contributed by atoms with van der Waals surface area (Å²) in [6.45, 7) is 2.80. The number of carbonyl (C=O) groups excluding carboxylic acids is 2. The Balaban J connectivity index is 1.51. The van der Waals surface area contributed by atoms with Gasteiger partial charge in [0, 0.05) is 37.7 Å². The zero-order valence-electron chi connectivity index (χ0n) is 18.6. The van der Waals surface area contributed by atoms with E-state index in [0.29, 0.717) is 37.1 Å². The van der Waals surface area contributed by atoms with Gasteiger partial charge in [-0.2, -0.15) is 9.57 Å². The van der Waals surface area contributed by atoms with Gasteiger partial charge in [0.15, 0.2) is 0 Å². The number of piperidine rings is 1. The molecule has 9 heteroatoms. The van der Waals surface area contributed by atoms with Crippen molar-refractivity contribution in [3.8, 4) is 6.07 Å². The first-order valence-electron chi connectivity index (χ1n) is 11.0. The number of nitrogens with one attached hydrogen (secondary N) is 2. The molecule has 1 aliphatic rings. The average molecular weight is 469 g/mol. The first-order chi connectivity index (χ1) is 15.8. The Morgan fingerprint density at radius 1 is 1.12 bits per heavy atom. The summed E-state index contributed by atoms with van der Waals surface area (Å²) in [7, 11) is -3.65. The van der Waals surface area contributed by atoms with Gasteiger partial charge in [-0.15, -0.1) is 0 Å². The molecule has 174 valence electrons. The maximum Gasteiger partial charge on any atom is 0.243 e. The van der Waals surface area contributed by atoms with Gasteiger partial charge in [-0.1, -0.05) is 19.1 Å². The van der Waals surface area contributed by atoms with Crippen LogP contribution in [0.25, 0.3) is 0 Å². The highest BCUT2D eigenvalue weighted by molar-refractivity contribution is 7.89. The summed E-state index contributed by atoms with van der Waals surface area (Å²) in [5, 5.41) is 14.6. The lowest BCUT2D eigenvalue weighted by molar-refractivity contribution is -0.126. The van der Waals surface area contributed by atoms with Gasteiger partial charge in [0.25, 0.3) is 0 Å². The lowest BCUT2D eigenvalue weighted by atomic mass is 9.97. The van der Waals surface area contributed by atoms with Crippen molar-refractivity contribution in [2.24, 2.45) is 5.92 Å². The zero-order valence-corrected chi connectivity index (χ0v) is 19.4. The molecule has 0 bridgehead atoms. The van der Waals surface area contributed by atoms with Gasteiger partial charge in [0.05, 0.1) is 16.5 Å². The van der Waals surface area contributed by atoms with Gasteiger partial charge >= 0.3 is 0 Å². The van der Waals surface area contributed by atoms with Crippen LogP contribution in [0.5, 0.6) is 0 Å². The molecule has 1 aliphatic heterocycles. The van der Waals surface area contributed by atoms with Crippen LogP contribution in [-0.4, -0.2) is 37.6 Å². The lowest BCUT2D eigenvalue weighted by Crippen LogP contribution is -2.42. The van der Waals surface area contributed by atoms with Gasteiger partial charge in [0.2, 0.25) is 21.8 Å². The third kappa shape index (κ3) is 6.40. The van der Waals surface area contributed by atoms with Crippen molar-refractivity contribution >= 4 is 27.5 Å². The molecule has 0 unspecified atom stereocenters. The Labute approximate surface area is 194 Å². The van der Waals surface area contributed by atoms with E-state index >= 15 is 0 Å². The van der Waals surface area contributed by atoms with Crippen LogP contribution >= 0.6 is 0 Å². The molecule has 1 heterocycles. The highest BCUT2D eigenvalue weighted by Gasteiger charge is 2.32. The van der Waals surface area contributed by atoms with Crippen molar-refractivity contribution < 1.29 is 18.0 Å². The fourth-order valence-corrected chi connectivity index (χ4v) is 5.22. The van der Waals surface area contributed by atoms with Crippen molar-refractivity contribution in [2.75, 3.05) is 18.4 Å². The van der Waals surface area contributed by atoms with Crippen molar-refractivity contribution in [2.45, 2.75) is 44.0 Å². The molecule has 0 spiro atoms. The van der Waals surface area contributed by atoms with Crippen molar-refractivity contribution in [3.05, 3.63) is 59.7 Å². The number of rotatable bonds is 8. The molecule has 0 radical (unpaired) electrons. The molecule has 0 aliphatic carbocycles. The first-order valence-corrected chi connectivity index (χ1v) is 12.4. The number of benzene rings is 2. The smallest absolute Gasteiger partial charge is 0.243 e. The van der Waals surface area contributed by atoms with Crippen LogP contribution in [0.4, 0.5) is 5.69 Å². The van der Waals surface area contributed by atoms with Crippen LogP contribution < -0.4 is 10.6 Å². The van der Waals surface area contributed by atoms with Crippen LogP contribution in [0.15, 0.2) is 53.4 Å². The molecule has 0 saturated carbocycles. The quantitative estimate of drug-likeness (QED) is 0.617. The lowest BCUT2D eigenvalue weighted by Gasteiger charge is -2.30. The number of anilines is 1. The van der Waals surface area contributed by atoms with E-state index in [1.807, 2.05) is 37.3 Å². The number of amides is 2. The summed E-state index contributed by atoms with van der Waals surface area (Å²) < 4.78 is 27.1. The third-order valence-corrected chi connectivity index (χ3v) is 7.51. The van der Waals surface area contributed by atoms with Crippen molar-refractivity contribution in [1.82, 2.24) is 9.62 Å². The number of sulfonamides is 1. The van der Waals surface area contributed by atoms with Crippen LogP contribution in [0.1, 0.15) is 43.7 Å². The number of nitriles is 1. The Kier molecular flexibility index (Phi) is 8.20. The zero-order chi connectivity index (χ0) is 23.8. The minimum atomic E-state index is -3.65. The van der Waals surface area contributed by atoms with E-state index in [2.05, 4.69) is 10.6 Å². The van der Waals surface area contributed by atoms with E-state index in [1.165, 1.54) is 28.6 Å². The van der Waals surface area contributed by atoms with Gasteiger partial charge in [-0.05, 0) is 61.2 Å². The van der Waals surface area contributed by atoms with Gasteiger partial charge in [-0.3, -0.25) is 9.59 Å². The molecule has 1 fully saturated rings. The van der Waals surface area contributed by atoms with Crippen LogP contribution in [-0.2, 0) is 26.2 Å². The third-order valence-electron chi connectivity index (χ3n) is 5.60. The van der Waals surface area contributed by atoms with E-state index in [0.717, 1.165) is 12.0 Å². The summed E-state index contributed by atoms with van der Waals surface area (Å²) in [6, 6.07) is 15.2. The minimum Gasteiger partial charge on any atom is -0.352 e. The molecular weight excluding hydrogens is 440 g/mol. The van der Waals surface area contributed by atoms with Crippen molar-refractivity contribution in [1.29, 1.82) is 5.26 Å². The van der Waals surface area contributed by atoms with Gasteiger partial charge < -0.3 is 10.6 Å². The Hall–Kier alpha value is -3.22. The number of carbonyl (C=O) groups is 2. The van der Waals surface area contributed by atoms with E-state index in [4.69, 9.17) is 5.26 Å². The monoisotopic (exact) mass is 468 g/mol. The van der Waals surface area contributed by atoms with Crippen LogP contribution in [0, 0.1) is 17.2 Å². The topological polar surface area (TPSA) is 119 Å². The van der Waals surface area contributed by atoms with Crippen molar-refractivity contribution in [3.63, 3.8) is 0 Å². The second kappa shape index (κ2) is 11.1. The first kappa shape index (κ1) is 24.4. The summed E-state index contributed by atoms with van der Waals surface area (Å²) in [5.74, 6) is -0.405. The number of hydrogen-bond donors (Lipinski definition) is 2. The summed E-state index contributed by atoms with van der Waals surface area (Å²) in [5.41, 5.74) is 1.97. The molecule has 33 heavy (non-hydrogen) atoms. The normalized spacial score (nSPS) is 14.9. The number of hydrogen-bond acceptors (Lipinski definition) is 5. The van der Waals surface area contributed by atoms with Crippen LogP contribution in [0.3, 0.4) is 0 Å². The molecule has 2 N–H and O–H groups in total. The summed E-state index contributed by atoms with van der Waals surface area (Å²) >= 11 is 0. The summed E-state index contributed by atoms with van der Waals surface area (Å²) in [4.78, 5) is 24.6. The van der Waals surface area contributed by atoms with E-state index in [1.54, 1.807) is 0 Å². The molecule has 0 aromatic heterocycles. The Morgan fingerprint density at radius 3 is 2.45 bits per heavy atom. The average Bonchev–Trinajstić information content (AvgIpc) is 2.83. The second-order valence-electron chi connectivity index (χ2n) is 8.03. The van der Waals surface area contributed by atoms with E-state index in [-0.39, 0.29) is 35.7 Å². The maximum absolute atomic E-state index is 12.8. The number of nitrogens with zero attached hydrogens (tertiary/aromatic N) is 2. The molecular formula is C24H28N4O4S. The Bertz CT molecular complexity index is 1130. The minimum absolute atomic E-state index is 0.0404. The highest BCUT2D eigenvalue weighted by atomic mass is 32.2. The molecule has 1 saturated heterocycles. The predicted octanol–water partition coefficient (Wildman–Crippen LogP) is 3.01. The molecule has 8 nitrogen and oxygen atoms in total.